The molecule has 1 aliphatic rings. The third-order valence-electron chi connectivity index (χ3n) is 3.45. The average molecular weight is 249 g/mol. The van der Waals surface area contributed by atoms with Gasteiger partial charge in [-0.15, -0.1) is 5.10 Å². The lowest BCUT2D eigenvalue weighted by Crippen LogP contribution is -2.24. The second-order valence-electron chi connectivity index (χ2n) is 4.74. The van der Waals surface area contributed by atoms with Crippen LogP contribution in [0.1, 0.15) is 44.5 Å². The maximum absolute atomic E-state index is 4.52. The van der Waals surface area contributed by atoms with Gasteiger partial charge in [0.2, 0.25) is 5.95 Å². The predicted molar refractivity (Wildman–Crippen MR) is 72.7 cm³/mol. The number of aromatic nitrogens is 3. The molecule has 0 aromatic carbocycles. The molecule has 1 aromatic rings. The van der Waals surface area contributed by atoms with Gasteiger partial charge in [-0.1, -0.05) is 13.8 Å². The molecule has 0 amide bonds. The first-order chi connectivity index (χ1) is 8.83. The average Bonchev–Trinajstić information content (AvgIpc) is 2.91. The van der Waals surface area contributed by atoms with E-state index in [1.165, 1.54) is 12.8 Å². The molecule has 2 rings (SSSR count). The van der Waals surface area contributed by atoms with Gasteiger partial charge < -0.3 is 10.6 Å². The van der Waals surface area contributed by atoms with Crippen LogP contribution in [-0.2, 0) is 12.8 Å². The van der Waals surface area contributed by atoms with Crippen molar-refractivity contribution in [2.24, 2.45) is 0 Å². The molecule has 0 aliphatic carbocycles. The lowest BCUT2D eigenvalue weighted by atomic mass is 10.1. The van der Waals surface area contributed by atoms with Crippen LogP contribution in [0, 0.1) is 0 Å². The number of anilines is 1. The van der Waals surface area contributed by atoms with E-state index in [-0.39, 0.29) is 0 Å². The van der Waals surface area contributed by atoms with Crippen molar-refractivity contribution >= 4 is 5.95 Å². The summed E-state index contributed by atoms with van der Waals surface area (Å²) >= 11 is 0. The quantitative estimate of drug-likeness (QED) is 0.801. The minimum atomic E-state index is 0.658. The van der Waals surface area contributed by atoms with E-state index in [2.05, 4.69) is 39.7 Å². The summed E-state index contributed by atoms with van der Waals surface area (Å²) in [6, 6.07) is 0.658. The van der Waals surface area contributed by atoms with Crippen LogP contribution in [-0.4, -0.2) is 34.3 Å². The van der Waals surface area contributed by atoms with Crippen molar-refractivity contribution in [3.05, 3.63) is 11.4 Å². The van der Waals surface area contributed by atoms with E-state index in [1.807, 2.05) is 0 Å². The van der Waals surface area contributed by atoms with E-state index in [1.54, 1.807) is 0 Å². The van der Waals surface area contributed by atoms with Crippen LogP contribution in [0.15, 0.2) is 0 Å². The Morgan fingerprint density at radius 2 is 2.06 bits per heavy atom. The summed E-state index contributed by atoms with van der Waals surface area (Å²) in [5.41, 5.74) is 2.08. The van der Waals surface area contributed by atoms with Crippen LogP contribution in [0.3, 0.4) is 0 Å². The summed E-state index contributed by atoms with van der Waals surface area (Å²) in [4.78, 5) is 4.52. The third kappa shape index (κ3) is 3.38. The van der Waals surface area contributed by atoms with Crippen molar-refractivity contribution in [2.45, 2.75) is 52.0 Å². The van der Waals surface area contributed by atoms with Gasteiger partial charge in [0.25, 0.3) is 0 Å². The van der Waals surface area contributed by atoms with Crippen LogP contribution in [0.25, 0.3) is 0 Å². The molecule has 1 aliphatic heterocycles. The first-order valence-corrected chi connectivity index (χ1v) is 7.03. The Labute approximate surface area is 109 Å². The minimum Gasteiger partial charge on any atom is -0.353 e. The molecule has 18 heavy (non-hydrogen) atoms. The molecule has 2 N–H and O–H groups in total. The van der Waals surface area contributed by atoms with Crippen LogP contribution < -0.4 is 10.6 Å². The Morgan fingerprint density at radius 3 is 2.72 bits per heavy atom. The Bertz CT molecular complexity index is 374. The normalized spacial score (nSPS) is 19.1. The Hall–Kier alpha value is -1.23. The summed E-state index contributed by atoms with van der Waals surface area (Å²) in [7, 11) is 0. The zero-order valence-corrected chi connectivity index (χ0v) is 11.4. The fourth-order valence-electron chi connectivity index (χ4n) is 2.37. The summed E-state index contributed by atoms with van der Waals surface area (Å²) < 4.78 is 0. The van der Waals surface area contributed by atoms with Crippen LogP contribution in [0.2, 0.25) is 0 Å². The van der Waals surface area contributed by atoms with Gasteiger partial charge in [-0.2, -0.15) is 5.10 Å². The molecule has 5 nitrogen and oxygen atoms in total. The molecule has 1 saturated heterocycles. The fourth-order valence-corrected chi connectivity index (χ4v) is 2.37. The van der Waals surface area contributed by atoms with E-state index in [9.17, 15) is 0 Å². The number of hydrogen-bond acceptors (Lipinski definition) is 5. The first kappa shape index (κ1) is 13.2. The highest BCUT2D eigenvalue weighted by Gasteiger charge is 2.13. The van der Waals surface area contributed by atoms with Gasteiger partial charge in [0.1, 0.15) is 0 Å². The SMILES string of the molecule is CCc1nnc(NCC[C@H]2CCCN2)nc1CC. The van der Waals surface area contributed by atoms with Crippen LogP contribution in [0.5, 0.6) is 0 Å². The maximum Gasteiger partial charge on any atom is 0.242 e. The molecule has 2 heterocycles. The number of nitrogens with one attached hydrogen (secondary N) is 2. The summed E-state index contributed by atoms with van der Waals surface area (Å²) in [5.74, 6) is 0.669. The van der Waals surface area contributed by atoms with Crippen molar-refractivity contribution in [3.8, 4) is 0 Å². The lowest BCUT2D eigenvalue weighted by molar-refractivity contribution is 0.573. The topological polar surface area (TPSA) is 62.7 Å². The van der Waals surface area contributed by atoms with E-state index < -0.39 is 0 Å². The fraction of sp³-hybridized carbons (Fsp3) is 0.769. The van der Waals surface area contributed by atoms with Crippen LogP contribution in [0.4, 0.5) is 5.95 Å². The zero-order chi connectivity index (χ0) is 12.8. The van der Waals surface area contributed by atoms with Crippen molar-refractivity contribution in [2.75, 3.05) is 18.4 Å². The van der Waals surface area contributed by atoms with E-state index in [0.29, 0.717) is 12.0 Å². The lowest BCUT2D eigenvalue weighted by Gasteiger charge is -2.11. The van der Waals surface area contributed by atoms with Gasteiger partial charge in [-0.05, 0) is 38.6 Å². The molecule has 0 bridgehead atoms. The molecule has 0 saturated carbocycles. The van der Waals surface area contributed by atoms with Crippen molar-refractivity contribution < 1.29 is 0 Å². The Balaban J connectivity index is 1.84. The predicted octanol–water partition coefficient (Wildman–Crippen LogP) is 1.55. The molecule has 1 fully saturated rings. The van der Waals surface area contributed by atoms with Crippen molar-refractivity contribution in [1.29, 1.82) is 0 Å². The minimum absolute atomic E-state index is 0.658. The van der Waals surface area contributed by atoms with E-state index >= 15 is 0 Å². The number of rotatable bonds is 6. The number of hydrogen-bond donors (Lipinski definition) is 2. The molecule has 0 radical (unpaired) electrons. The second kappa shape index (κ2) is 6.64. The molecule has 0 unspecified atom stereocenters. The molecule has 100 valence electrons. The second-order valence-corrected chi connectivity index (χ2v) is 4.74. The Kier molecular flexibility index (Phi) is 4.87. The van der Waals surface area contributed by atoms with Crippen LogP contribution >= 0.6 is 0 Å². The summed E-state index contributed by atoms with van der Waals surface area (Å²) in [6.07, 6.45) is 5.52. The van der Waals surface area contributed by atoms with Gasteiger partial charge in [-0.3, -0.25) is 0 Å². The molecule has 5 heteroatoms. The van der Waals surface area contributed by atoms with E-state index in [0.717, 1.165) is 43.7 Å². The first-order valence-electron chi connectivity index (χ1n) is 7.03. The maximum atomic E-state index is 4.52. The van der Waals surface area contributed by atoms with Gasteiger partial charge in [-0.25, -0.2) is 4.98 Å². The van der Waals surface area contributed by atoms with Gasteiger partial charge in [0.05, 0.1) is 11.4 Å². The van der Waals surface area contributed by atoms with Gasteiger partial charge >= 0.3 is 0 Å². The molecule has 1 aromatic heterocycles. The van der Waals surface area contributed by atoms with Crippen molar-refractivity contribution in [1.82, 2.24) is 20.5 Å². The highest BCUT2D eigenvalue weighted by Crippen LogP contribution is 2.10. The Morgan fingerprint density at radius 1 is 1.22 bits per heavy atom. The van der Waals surface area contributed by atoms with Gasteiger partial charge in [0, 0.05) is 12.6 Å². The monoisotopic (exact) mass is 249 g/mol. The molecule has 0 spiro atoms. The number of aryl methyl sites for hydroxylation is 2. The zero-order valence-electron chi connectivity index (χ0n) is 11.4. The standard InChI is InChI=1S/C13H23N5/c1-3-11-12(4-2)17-18-13(16-11)15-9-7-10-6-5-8-14-10/h10,14H,3-9H2,1-2H3,(H,15,16,18)/t10-/m1/s1. The smallest absolute Gasteiger partial charge is 0.242 e. The molecular weight excluding hydrogens is 226 g/mol. The number of nitrogens with zero attached hydrogens (tertiary/aromatic N) is 3. The summed E-state index contributed by atoms with van der Waals surface area (Å²) in [5, 5.41) is 15.1. The van der Waals surface area contributed by atoms with Gasteiger partial charge in [0.15, 0.2) is 0 Å². The summed E-state index contributed by atoms with van der Waals surface area (Å²) in [6.45, 7) is 6.26. The molecule has 1 atom stereocenters. The van der Waals surface area contributed by atoms with E-state index in [4.69, 9.17) is 0 Å². The largest absolute Gasteiger partial charge is 0.353 e. The third-order valence-corrected chi connectivity index (χ3v) is 3.45. The highest BCUT2D eigenvalue weighted by molar-refractivity contribution is 5.25. The highest BCUT2D eigenvalue weighted by atomic mass is 15.2. The van der Waals surface area contributed by atoms with Crippen molar-refractivity contribution in [3.63, 3.8) is 0 Å². The molecular formula is C13H23N5.